The zero-order valence-corrected chi connectivity index (χ0v) is 11.8. The molecule has 1 atom stereocenters. The maximum absolute atomic E-state index is 11.7. The highest BCUT2D eigenvalue weighted by Crippen LogP contribution is 2.31. The third kappa shape index (κ3) is 3.99. The van der Waals surface area contributed by atoms with Gasteiger partial charge in [0.05, 0.1) is 5.25 Å². The minimum Gasteiger partial charge on any atom is -0.357 e. The van der Waals surface area contributed by atoms with E-state index in [9.17, 15) is 4.79 Å². The van der Waals surface area contributed by atoms with Gasteiger partial charge in [-0.1, -0.05) is 29.2 Å². The topological polar surface area (TPSA) is 66.9 Å². The van der Waals surface area contributed by atoms with Gasteiger partial charge in [-0.05, 0) is 19.8 Å². The zero-order valence-electron chi connectivity index (χ0n) is 10.2. The Labute approximate surface area is 114 Å². The van der Waals surface area contributed by atoms with E-state index >= 15 is 0 Å². The lowest BCUT2D eigenvalue weighted by atomic mass is 10.4. The van der Waals surface area contributed by atoms with Crippen LogP contribution in [0.4, 0.5) is 5.13 Å². The van der Waals surface area contributed by atoms with Crippen molar-refractivity contribution in [3.63, 3.8) is 0 Å². The Morgan fingerprint density at radius 1 is 1.67 bits per heavy atom. The molecule has 2 N–H and O–H groups in total. The molecule has 0 bridgehead atoms. The molecule has 1 saturated carbocycles. The molecule has 0 aromatic carbocycles. The molecular formula is C11H16N4OS2. The average Bonchev–Trinajstić information content (AvgIpc) is 3.06. The number of nitrogens with one attached hydrogen (secondary N) is 2. The van der Waals surface area contributed by atoms with Crippen LogP contribution >= 0.6 is 23.1 Å². The average molecular weight is 284 g/mol. The van der Waals surface area contributed by atoms with E-state index in [4.69, 9.17) is 0 Å². The van der Waals surface area contributed by atoms with E-state index in [1.54, 1.807) is 6.08 Å². The monoisotopic (exact) mass is 284 g/mol. The van der Waals surface area contributed by atoms with Crippen LogP contribution in [-0.2, 0) is 4.79 Å². The molecule has 1 aromatic rings. The normalized spacial score (nSPS) is 16.1. The lowest BCUT2D eigenvalue weighted by molar-refractivity contribution is -0.120. The van der Waals surface area contributed by atoms with E-state index in [2.05, 4.69) is 27.4 Å². The van der Waals surface area contributed by atoms with Gasteiger partial charge in [-0.2, -0.15) is 0 Å². The maximum atomic E-state index is 11.7. The lowest BCUT2D eigenvalue weighted by Gasteiger charge is -2.07. The van der Waals surface area contributed by atoms with Crippen molar-refractivity contribution >= 4 is 34.1 Å². The molecular weight excluding hydrogens is 268 g/mol. The highest BCUT2D eigenvalue weighted by molar-refractivity contribution is 8.02. The highest BCUT2D eigenvalue weighted by Gasteiger charge is 2.23. The van der Waals surface area contributed by atoms with E-state index in [0.29, 0.717) is 12.6 Å². The molecule has 0 aliphatic heterocycles. The van der Waals surface area contributed by atoms with Crippen LogP contribution < -0.4 is 10.6 Å². The fourth-order valence-corrected chi connectivity index (χ4v) is 3.24. The second-order valence-corrected chi connectivity index (χ2v) is 6.65. The molecule has 1 aliphatic carbocycles. The number of carbonyl (C=O) groups is 1. The van der Waals surface area contributed by atoms with Gasteiger partial charge in [0.1, 0.15) is 0 Å². The first-order valence-electron chi connectivity index (χ1n) is 5.84. The second kappa shape index (κ2) is 6.19. The fraction of sp³-hybridized carbons (Fsp3) is 0.545. The largest absolute Gasteiger partial charge is 0.357 e. The number of aromatic nitrogens is 2. The van der Waals surface area contributed by atoms with Crippen LogP contribution in [0, 0.1) is 0 Å². The summed E-state index contributed by atoms with van der Waals surface area (Å²) in [6, 6.07) is 0.573. The van der Waals surface area contributed by atoms with Crippen LogP contribution in [-0.4, -0.2) is 33.9 Å². The summed E-state index contributed by atoms with van der Waals surface area (Å²) >= 11 is 2.93. The van der Waals surface area contributed by atoms with Crippen molar-refractivity contribution in [3.8, 4) is 0 Å². The summed E-state index contributed by atoms with van der Waals surface area (Å²) in [7, 11) is 0. The predicted molar refractivity (Wildman–Crippen MR) is 75.1 cm³/mol. The molecule has 5 nitrogen and oxygen atoms in total. The molecule has 18 heavy (non-hydrogen) atoms. The Balaban J connectivity index is 1.81. The number of thioether (sulfide) groups is 1. The van der Waals surface area contributed by atoms with Gasteiger partial charge < -0.3 is 10.6 Å². The minimum absolute atomic E-state index is 0.00759. The number of amides is 1. The van der Waals surface area contributed by atoms with Gasteiger partial charge in [0.2, 0.25) is 11.0 Å². The minimum atomic E-state index is -0.174. The molecule has 0 saturated heterocycles. The van der Waals surface area contributed by atoms with Gasteiger partial charge in [0.15, 0.2) is 4.34 Å². The van der Waals surface area contributed by atoms with Gasteiger partial charge in [0.25, 0.3) is 0 Å². The van der Waals surface area contributed by atoms with E-state index in [-0.39, 0.29) is 11.2 Å². The molecule has 1 heterocycles. The smallest absolute Gasteiger partial charge is 0.233 e. The number of nitrogens with zero attached hydrogens (tertiary/aromatic N) is 2. The molecule has 1 aromatic heterocycles. The summed E-state index contributed by atoms with van der Waals surface area (Å²) < 4.78 is 0.819. The van der Waals surface area contributed by atoms with Crippen molar-refractivity contribution in [2.24, 2.45) is 0 Å². The lowest BCUT2D eigenvalue weighted by Crippen LogP contribution is -2.30. The molecule has 1 amide bonds. The third-order valence-electron chi connectivity index (χ3n) is 2.38. The molecule has 0 radical (unpaired) electrons. The zero-order chi connectivity index (χ0) is 13.0. The molecule has 2 rings (SSSR count). The summed E-state index contributed by atoms with van der Waals surface area (Å²) in [5.41, 5.74) is 0. The summed E-state index contributed by atoms with van der Waals surface area (Å²) in [5, 5.41) is 14.9. The Morgan fingerprint density at radius 3 is 3.11 bits per heavy atom. The standard InChI is InChI=1S/C11H16N4OS2/c1-3-6-12-9(16)7(2)17-11-15-14-10(18-11)13-8-4-5-8/h3,7-8H,1,4-6H2,2H3,(H,12,16)(H,13,14)/t7-/m1/s1. The van der Waals surface area contributed by atoms with Crippen molar-refractivity contribution in [2.75, 3.05) is 11.9 Å². The number of hydrogen-bond acceptors (Lipinski definition) is 6. The van der Waals surface area contributed by atoms with E-state index in [1.165, 1.54) is 35.9 Å². The van der Waals surface area contributed by atoms with Crippen LogP contribution in [0.2, 0.25) is 0 Å². The number of rotatable bonds is 7. The molecule has 0 unspecified atom stereocenters. The molecule has 1 aliphatic rings. The summed E-state index contributed by atoms with van der Waals surface area (Å²) in [6.07, 6.45) is 4.09. The molecule has 0 spiro atoms. The summed E-state index contributed by atoms with van der Waals surface area (Å²) in [6.45, 7) is 5.92. The van der Waals surface area contributed by atoms with Gasteiger partial charge in [0, 0.05) is 12.6 Å². The molecule has 7 heteroatoms. The molecule has 1 fully saturated rings. The van der Waals surface area contributed by atoms with Crippen LogP contribution in [0.1, 0.15) is 19.8 Å². The van der Waals surface area contributed by atoms with Gasteiger partial charge >= 0.3 is 0 Å². The first-order valence-corrected chi connectivity index (χ1v) is 7.54. The predicted octanol–water partition coefficient (Wildman–Crippen LogP) is 1.90. The van der Waals surface area contributed by atoms with Crippen LogP contribution in [0.25, 0.3) is 0 Å². The Kier molecular flexibility index (Phi) is 4.60. The number of anilines is 1. The summed E-state index contributed by atoms with van der Waals surface area (Å²) in [4.78, 5) is 11.7. The highest BCUT2D eigenvalue weighted by atomic mass is 32.2. The first-order chi connectivity index (χ1) is 8.69. The van der Waals surface area contributed by atoms with Crippen molar-refractivity contribution in [3.05, 3.63) is 12.7 Å². The Bertz CT molecular complexity index is 430. The van der Waals surface area contributed by atoms with Crippen LogP contribution in [0.3, 0.4) is 0 Å². The third-order valence-corrected chi connectivity index (χ3v) is 4.42. The molecule has 98 valence electrons. The van der Waals surface area contributed by atoms with Crippen molar-refractivity contribution in [1.29, 1.82) is 0 Å². The number of carbonyl (C=O) groups excluding carboxylic acids is 1. The summed E-state index contributed by atoms with van der Waals surface area (Å²) in [5.74, 6) is -0.00759. The fourth-order valence-electron chi connectivity index (χ4n) is 1.24. The Hall–Kier alpha value is -1.08. The van der Waals surface area contributed by atoms with Gasteiger partial charge in [-0.25, -0.2) is 0 Å². The van der Waals surface area contributed by atoms with Crippen molar-refractivity contribution < 1.29 is 4.79 Å². The number of hydrogen-bond donors (Lipinski definition) is 2. The van der Waals surface area contributed by atoms with Crippen molar-refractivity contribution in [1.82, 2.24) is 15.5 Å². The van der Waals surface area contributed by atoms with Gasteiger partial charge in [-0.3, -0.25) is 4.79 Å². The maximum Gasteiger partial charge on any atom is 0.233 e. The Morgan fingerprint density at radius 2 is 2.44 bits per heavy atom. The quantitative estimate of drug-likeness (QED) is 0.591. The van der Waals surface area contributed by atoms with Crippen LogP contribution in [0.5, 0.6) is 0 Å². The van der Waals surface area contributed by atoms with Crippen LogP contribution in [0.15, 0.2) is 17.0 Å². The van der Waals surface area contributed by atoms with E-state index < -0.39 is 0 Å². The van der Waals surface area contributed by atoms with E-state index in [1.807, 2.05) is 6.92 Å². The second-order valence-electron chi connectivity index (χ2n) is 4.09. The van der Waals surface area contributed by atoms with Crippen molar-refractivity contribution in [2.45, 2.75) is 35.4 Å². The SMILES string of the molecule is C=CCNC(=O)[C@@H](C)Sc1nnc(NC2CC2)s1. The first kappa shape index (κ1) is 13.4. The van der Waals surface area contributed by atoms with E-state index in [0.717, 1.165) is 9.47 Å². The van der Waals surface area contributed by atoms with Gasteiger partial charge in [-0.15, -0.1) is 16.8 Å².